The summed E-state index contributed by atoms with van der Waals surface area (Å²) in [7, 11) is 4.27. The highest BCUT2D eigenvalue weighted by molar-refractivity contribution is 5.71. The van der Waals surface area contributed by atoms with Gasteiger partial charge in [0.15, 0.2) is 0 Å². The minimum atomic E-state index is 0.708. The SMILES string of the molecule is CCOCC[NH+](C)CCCN(C)c1ccc(N)cc1N. The maximum Gasteiger partial charge on any atom is 0.101 e. The van der Waals surface area contributed by atoms with Crippen LogP contribution < -0.4 is 21.3 Å². The van der Waals surface area contributed by atoms with E-state index in [2.05, 4.69) is 19.0 Å². The fourth-order valence-corrected chi connectivity index (χ4v) is 2.17. The summed E-state index contributed by atoms with van der Waals surface area (Å²) >= 11 is 0. The third kappa shape index (κ3) is 5.67. The summed E-state index contributed by atoms with van der Waals surface area (Å²) < 4.78 is 5.37. The molecule has 0 fully saturated rings. The average molecular weight is 281 g/mol. The van der Waals surface area contributed by atoms with Crippen molar-refractivity contribution in [3.8, 4) is 0 Å². The first-order valence-electron chi connectivity index (χ1n) is 7.29. The zero-order valence-electron chi connectivity index (χ0n) is 13.0. The Morgan fingerprint density at radius 2 is 2.00 bits per heavy atom. The summed E-state index contributed by atoms with van der Waals surface area (Å²) in [6.45, 7) is 6.84. The van der Waals surface area contributed by atoms with E-state index in [0.717, 1.165) is 50.6 Å². The van der Waals surface area contributed by atoms with E-state index in [1.807, 2.05) is 25.1 Å². The van der Waals surface area contributed by atoms with Crippen LogP contribution >= 0.6 is 0 Å². The molecule has 5 nitrogen and oxygen atoms in total. The van der Waals surface area contributed by atoms with E-state index in [1.165, 1.54) is 4.90 Å². The summed E-state index contributed by atoms with van der Waals surface area (Å²) in [5.74, 6) is 0. The third-order valence-electron chi connectivity index (χ3n) is 3.44. The van der Waals surface area contributed by atoms with Crippen molar-refractivity contribution < 1.29 is 9.64 Å². The van der Waals surface area contributed by atoms with Gasteiger partial charge in [-0.15, -0.1) is 0 Å². The van der Waals surface area contributed by atoms with Crippen LogP contribution in [0.4, 0.5) is 17.1 Å². The van der Waals surface area contributed by atoms with E-state index in [4.69, 9.17) is 16.2 Å². The predicted octanol–water partition coefficient (Wildman–Crippen LogP) is 0.229. The van der Waals surface area contributed by atoms with E-state index in [9.17, 15) is 0 Å². The molecule has 5 N–H and O–H groups in total. The van der Waals surface area contributed by atoms with Crippen molar-refractivity contribution >= 4 is 17.1 Å². The maximum atomic E-state index is 5.99. The summed E-state index contributed by atoms with van der Waals surface area (Å²) in [6.07, 6.45) is 1.12. The van der Waals surface area contributed by atoms with Crippen molar-refractivity contribution in [3.63, 3.8) is 0 Å². The van der Waals surface area contributed by atoms with E-state index < -0.39 is 0 Å². The molecular formula is C15H29N4O+. The number of anilines is 3. The fourth-order valence-electron chi connectivity index (χ4n) is 2.17. The molecule has 20 heavy (non-hydrogen) atoms. The van der Waals surface area contributed by atoms with Crippen molar-refractivity contribution in [1.29, 1.82) is 0 Å². The molecule has 0 amide bonds. The first kappa shape index (κ1) is 16.6. The van der Waals surface area contributed by atoms with Gasteiger partial charge in [-0.2, -0.15) is 0 Å². The van der Waals surface area contributed by atoms with Crippen LogP contribution in [0.2, 0.25) is 0 Å². The molecule has 0 aliphatic carbocycles. The van der Waals surface area contributed by atoms with Crippen LogP contribution in [0, 0.1) is 0 Å². The van der Waals surface area contributed by atoms with Crippen molar-refractivity contribution in [2.75, 3.05) is 63.3 Å². The van der Waals surface area contributed by atoms with Crippen LogP contribution in [0.25, 0.3) is 0 Å². The van der Waals surface area contributed by atoms with Crippen LogP contribution in [-0.2, 0) is 4.74 Å². The molecule has 5 heteroatoms. The number of hydrogen-bond donors (Lipinski definition) is 3. The molecule has 0 saturated heterocycles. The molecular weight excluding hydrogens is 252 g/mol. The number of nitrogens with one attached hydrogen (secondary N) is 1. The Morgan fingerprint density at radius 3 is 2.65 bits per heavy atom. The lowest BCUT2D eigenvalue weighted by Crippen LogP contribution is -3.09. The Hall–Kier alpha value is -1.46. The van der Waals surface area contributed by atoms with Gasteiger partial charge < -0.3 is 26.0 Å². The molecule has 0 bridgehead atoms. The van der Waals surface area contributed by atoms with Gasteiger partial charge in [0.2, 0.25) is 0 Å². The van der Waals surface area contributed by atoms with Crippen molar-refractivity contribution in [2.24, 2.45) is 0 Å². The highest BCUT2D eigenvalue weighted by Crippen LogP contribution is 2.24. The number of benzene rings is 1. The van der Waals surface area contributed by atoms with Gasteiger partial charge in [-0.25, -0.2) is 0 Å². The molecule has 0 aliphatic heterocycles. The highest BCUT2D eigenvalue weighted by atomic mass is 16.5. The number of likely N-dealkylation sites (N-methyl/N-ethyl adjacent to an activating group) is 1. The van der Waals surface area contributed by atoms with Crippen LogP contribution in [0.15, 0.2) is 18.2 Å². The zero-order chi connectivity index (χ0) is 15.0. The number of nitrogens with zero attached hydrogens (tertiary/aromatic N) is 1. The van der Waals surface area contributed by atoms with Gasteiger partial charge in [0.1, 0.15) is 6.54 Å². The standard InChI is InChI=1S/C15H28N4O/c1-4-20-11-10-18(2)8-5-9-19(3)15-7-6-13(16)12-14(15)17/h6-7,12H,4-5,8-11,16-17H2,1-3H3/p+1. The van der Waals surface area contributed by atoms with Crippen molar-refractivity contribution in [2.45, 2.75) is 13.3 Å². The smallest absolute Gasteiger partial charge is 0.101 e. The topological polar surface area (TPSA) is 69.0 Å². The Labute approximate surface area is 122 Å². The van der Waals surface area contributed by atoms with Gasteiger partial charge in [-0.05, 0) is 25.1 Å². The fraction of sp³-hybridized carbons (Fsp3) is 0.600. The van der Waals surface area contributed by atoms with Gasteiger partial charge in [-0.3, -0.25) is 0 Å². The van der Waals surface area contributed by atoms with Gasteiger partial charge in [-0.1, -0.05) is 0 Å². The van der Waals surface area contributed by atoms with Crippen LogP contribution in [-0.4, -0.2) is 46.9 Å². The largest absolute Gasteiger partial charge is 0.399 e. The molecule has 0 aliphatic rings. The third-order valence-corrected chi connectivity index (χ3v) is 3.44. The zero-order valence-corrected chi connectivity index (χ0v) is 13.0. The minimum absolute atomic E-state index is 0.708. The Balaban J connectivity index is 2.30. The number of quaternary nitrogens is 1. The number of nitrogen functional groups attached to an aromatic ring is 2. The molecule has 1 aromatic rings. The Morgan fingerprint density at radius 1 is 1.25 bits per heavy atom. The lowest BCUT2D eigenvalue weighted by molar-refractivity contribution is -0.880. The normalized spacial score (nSPS) is 12.3. The van der Waals surface area contributed by atoms with E-state index in [1.54, 1.807) is 0 Å². The second-order valence-electron chi connectivity index (χ2n) is 5.25. The molecule has 0 radical (unpaired) electrons. The summed E-state index contributed by atoms with van der Waals surface area (Å²) in [4.78, 5) is 3.68. The van der Waals surface area contributed by atoms with E-state index in [-0.39, 0.29) is 0 Å². The highest BCUT2D eigenvalue weighted by Gasteiger charge is 2.07. The lowest BCUT2D eigenvalue weighted by Gasteiger charge is -2.22. The summed E-state index contributed by atoms with van der Waals surface area (Å²) in [6, 6.07) is 5.68. The Bertz CT molecular complexity index is 397. The van der Waals surface area contributed by atoms with Crippen LogP contribution in [0.5, 0.6) is 0 Å². The molecule has 1 unspecified atom stereocenters. The lowest BCUT2D eigenvalue weighted by atomic mass is 10.2. The molecule has 1 aromatic carbocycles. The van der Waals surface area contributed by atoms with Crippen LogP contribution in [0.3, 0.4) is 0 Å². The maximum absolute atomic E-state index is 5.99. The first-order chi connectivity index (χ1) is 9.54. The predicted molar refractivity (Wildman–Crippen MR) is 86.3 cm³/mol. The molecule has 1 rings (SSSR count). The molecule has 0 heterocycles. The Kier molecular flexibility index (Phi) is 7.18. The van der Waals surface area contributed by atoms with Gasteiger partial charge in [0.05, 0.1) is 31.6 Å². The number of nitrogens with two attached hydrogens (primary N) is 2. The second-order valence-corrected chi connectivity index (χ2v) is 5.25. The van der Waals surface area contributed by atoms with E-state index >= 15 is 0 Å². The second kappa shape index (κ2) is 8.66. The molecule has 0 aromatic heterocycles. The minimum Gasteiger partial charge on any atom is -0.399 e. The van der Waals surface area contributed by atoms with Gasteiger partial charge >= 0.3 is 0 Å². The monoisotopic (exact) mass is 281 g/mol. The number of hydrogen-bond acceptors (Lipinski definition) is 4. The first-order valence-corrected chi connectivity index (χ1v) is 7.29. The summed E-state index contributed by atoms with van der Waals surface area (Å²) in [5, 5.41) is 0. The number of rotatable bonds is 9. The number of ether oxygens (including phenoxy) is 1. The molecule has 1 atom stereocenters. The molecule has 0 spiro atoms. The van der Waals surface area contributed by atoms with Crippen molar-refractivity contribution in [3.05, 3.63) is 18.2 Å². The molecule has 0 saturated carbocycles. The van der Waals surface area contributed by atoms with E-state index in [0.29, 0.717) is 5.69 Å². The summed E-state index contributed by atoms with van der Waals surface area (Å²) in [5.41, 5.74) is 14.2. The van der Waals surface area contributed by atoms with Gasteiger partial charge in [0.25, 0.3) is 0 Å². The van der Waals surface area contributed by atoms with Crippen molar-refractivity contribution in [1.82, 2.24) is 0 Å². The molecule has 114 valence electrons. The van der Waals surface area contributed by atoms with Gasteiger partial charge in [0, 0.05) is 32.3 Å². The average Bonchev–Trinajstić information content (AvgIpc) is 2.38. The van der Waals surface area contributed by atoms with Crippen LogP contribution in [0.1, 0.15) is 13.3 Å². The quantitative estimate of drug-likeness (QED) is 0.448.